The fourth-order valence-corrected chi connectivity index (χ4v) is 3.80. The van der Waals surface area contributed by atoms with Gasteiger partial charge in [-0.3, -0.25) is 4.79 Å². The number of carbonyl (C=O) groups is 2. The van der Waals surface area contributed by atoms with Crippen LogP contribution in [-0.2, 0) is 19.6 Å². The first kappa shape index (κ1) is 22.6. The molecule has 0 aliphatic carbocycles. The molecule has 2 rings (SSSR count). The number of amides is 1. The summed E-state index contributed by atoms with van der Waals surface area (Å²) in [4.78, 5) is 24.2. The summed E-state index contributed by atoms with van der Waals surface area (Å²) in [5.41, 5.74) is 2.81. The topological polar surface area (TPSA) is 92.8 Å². The van der Waals surface area contributed by atoms with Gasteiger partial charge < -0.3 is 10.1 Å². The fraction of sp³-hybridized carbons (Fsp3) is 0.333. The van der Waals surface area contributed by atoms with Crippen LogP contribution >= 0.6 is 0 Å². The summed E-state index contributed by atoms with van der Waals surface area (Å²) in [5, 5.41) is 2.58. The number of carbonyl (C=O) groups excluding carboxylic acids is 2. The Morgan fingerprint density at radius 1 is 1.03 bits per heavy atom. The van der Waals surface area contributed by atoms with Gasteiger partial charge in [-0.25, -0.2) is 13.2 Å². The van der Waals surface area contributed by atoms with Crippen molar-refractivity contribution < 1.29 is 22.7 Å². The van der Waals surface area contributed by atoms with Gasteiger partial charge in [0, 0.05) is 18.8 Å². The molecule has 0 fully saturated rings. The third-order valence-corrected chi connectivity index (χ3v) is 6.67. The molecule has 2 aromatic carbocycles. The van der Waals surface area contributed by atoms with E-state index in [1.807, 2.05) is 19.9 Å². The number of nitrogens with zero attached hydrogens (tertiary/aromatic N) is 1. The first-order valence-corrected chi connectivity index (χ1v) is 10.6. The van der Waals surface area contributed by atoms with Gasteiger partial charge in [0.25, 0.3) is 5.91 Å². The first-order chi connectivity index (χ1) is 13.5. The zero-order valence-corrected chi connectivity index (χ0v) is 18.0. The highest BCUT2D eigenvalue weighted by atomic mass is 32.2. The van der Waals surface area contributed by atoms with Gasteiger partial charge in [-0.15, -0.1) is 0 Å². The Labute approximate surface area is 171 Å². The summed E-state index contributed by atoms with van der Waals surface area (Å²) in [6, 6.07) is 10.8. The third-order valence-electron chi connectivity index (χ3n) is 4.62. The minimum absolute atomic E-state index is 0.132. The van der Waals surface area contributed by atoms with E-state index >= 15 is 0 Å². The Hall–Kier alpha value is -2.71. The van der Waals surface area contributed by atoms with E-state index in [0.717, 1.165) is 11.1 Å². The Morgan fingerprint density at radius 2 is 1.66 bits per heavy atom. The molecular weight excluding hydrogens is 392 g/mol. The molecule has 1 amide bonds. The number of nitrogens with one attached hydrogen (secondary N) is 1. The van der Waals surface area contributed by atoms with Crippen molar-refractivity contribution in [2.45, 2.75) is 38.6 Å². The van der Waals surface area contributed by atoms with E-state index in [9.17, 15) is 18.0 Å². The molecule has 0 bridgehead atoms. The second-order valence-corrected chi connectivity index (χ2v) is 9.06. The van der Waals surface area contributed by atoms with E-state index in [-0.39, 0.29) is 10.9 Å². The van der Waals surface area contributed by atoms with Crippen LogP contribution < -0.4 is 5.32 Å². The average molecular weight is 419 g/mol. The lowest BCUT2D eigenvalue weighted by Gasteiger charge is -2.21. The average Bonchev–Trinajstić information content (AvgIpc) is 2.67. The highest BCUT2D eigenvalue weighted by molar-refractivity contribution is 7.89. The van der Waals surface area contributed by atoms with Crippen molar-refractivity contribution in [1.29, 1.82) is 0 Å². The van der Waals surface area contributed by atoms with E-state index < -0.39 is 28.5 Å². The molecule has 0 saturated carbocycles. The summed E-state index contributed by atoms with van der Waals surface area (Å²) in [7, 11) is -2.08. The molecule has 0 aromatic heterocycles. The molecule has 0 aliphatic heterocycles. The van der Waals surface area contributed by atoms with E-state index in [4.69, 9.17) is 4.74 Å². The first-order valence-electron chi connectivity index (χ1n) is 9.14. The molecule has 1 N–H and O–H groups in total. The number of esters is 1. The second-order valence-electron chi connectivity index (χ2n) is 7.06. The summed E-state index contributed by atoms with van der Waals surface area (Å²) in [5.74, 6) is -1.10. The van der Waals surface area contributed by atoms with Crippen LogP contribution in [0.3, 0.4) is 0 Å². The lowest BCUT2D eigenvalue weighted by atomic mass is 10.1. The Kier molecular flexibility index (Phi) is 7.16. The van der Waals surface area contributed by atoms with Crippen LogP contribution in [0.4, 0.5) is 5.69 Å². The molecule has 0 unspecified atom stereocenters. The van der Waals surface area contributed by atoms with Crippen molar-refractivity contribution in [2.75, 3.05) is 19.0 Å². The molecule has 7 nitrogen and oxygen atoms in total. The van der Waals surface area contributed by atoms with Crippen molar-refractivity contribution in [1.82, 2.24) is 4.31 Å². The lowest BCUT2D eigenvalue weighted by Crippen LogP contribution is -2.33. The van der Waals surface area contributed by atoms with Gasteiger partial charge in [-0.1, -0.05) is 6.07 Å². The normalized spacial score (nSPS) is 11.6. The summed E-state index contributed by atoms with van der Waals surface area (Å²) in [6.07, 6.45) is 0. The molecule has 29 heavy (non-hydrogen) atoms. The van der Waals surface area contributed by atoms with Crippen molar-refractivity contribution in [3.63, 3.8) is 0 Å². The van der Waals surface area contributed by atoms with Gasteiger partial charge in [0.2, 0.25) is 10.0 Å². The van der Waals surface area contributed by atoms with Crippen molar-refractivity contribution in [3.05, 3.63) is 59.2 Å². The number of hydrogen-bond acceptors (Lipinski definition) is 5. The van der Waals surface area contributed by atoms with Gasteiger partial charge in [0.05, 0.1) is 10.5 Å². The predicted molar refractivity (Wildman–Crippen MR) is 111 cm³/mol. The molecule has 0 radical (unpaired) electrons. The second kappa shape index (κ2) is 9.19. The van der Waals surface area contributed by atoms with Crippen LogP contribution in [0.25, 0.3) is 0 Å². The van der Waals surface area contributed by atoms with Crippen LogP contribution in [0.1, 0.15) is 35.3 Å². The monoisotopic (exact) mass is 418 g/mol. The minimum Gasteiger partial charge on any atom is -0.452 e. The molecule has 0 spiro atoms. The number of rotatable bonds is 7. The molecule has 0 heterocycles. The van der Waals surface area contributed by atoms with E-state index in [1.165, 1.54) is 35.6 Å². The molecule has 0 saturated heterocycles. The quantitative estimate of drug-likeness (QED) is 0.698. The summed E-state index contributed by atoms with van der Waals surface area (Å²) < 4.78 is 31.2. The van der Waals surface area contributed by atoms with Crippen molar-refractivity contribution >= 4 is 27.6 Å². The van der Waals surface area contributed by atoms with Crippen LogP contribution in [0.15, 0.2) is 47.4 Å². The van der Waals surface area contributed by atoms with E-state index in [0.29, 0.717) is 11.3 Å². The summed E-state index contributed by atoms with van der Waals surface area (Å²) in [6.45, 7) is 6.95. The Morgan fingerprint density at radius 3 is 2.21 bits per heavy atom. The number of hydrogen-bond donors (Lipinski definition) is 1. The molecule has 0 aliphatic rings. The largest absolute Gasteiger partial charge is 0.452 e. The number of benzene rings is 2. The molecule has 2 aromatic rings. The zero-order chi connectivity index (χ0) is 21.8. The van der Waals surface area contributed by atoms with Gasteiger partial charge in [-0.05, 0) is 75.2 Å². The van der Waals surface area contributed by atoms with Crippen molar-refractivity contribution in [3.8, 4) is 0 Å². The smallest absolute Gasteiger partial charge is 0.338 e. The van der Waals surface area contributed by atoms with Gasteiger partial charge in [-0.2, -0.15) is 4.31 Å². The Balaban J connectivity index is 1.95. The molecule has 8 heteroatoms. The highest BCUT2D eigenvalue weighted by Gasteiger charge is 2.22. The van der Waals surface area contributed by atoms with Crippen LogP contribution in [0.2, 0.25) is 0 Å². The maximum atomic E-state index is 12.4. The lowest BCUT2D eigenvalue weighted by molar-refractivity contribution is -0.119. The number of sulfonamides is 1. The van der Waals surface area contributed by atoms with Crippen molar-refractivity contribution in [2.24, 2.45) is 0 Å². The molecule has 0 atom stereocenters. The number of ether oxygens (including phenoxy) is 1. The molecular formula is C21H26N2O5S. The maximum absolute atomic E-state index is 12.4. The molecule has 156 valence electrons. The van der Waals surface area contributed by atoms with Gasteiger partial charge in [0.1, 0.15) is 0 Å². The standard InChI is InChI=1S/C21H26N2O5S/c1-14(2)23(5)29(26,27)19-10-8-18(9-11-19)22-20(24)13-28-21(25)17-7-6-15(3)16(4)12-17/h6-12,14H,13H2,1-5H3,(H,22,24). The van der Waals surface area contributed by atoms with E-state index in [2.05, 4.69) is 5.32 Å². The highest BCUT2D eigenvalue weighted by Crippen LogP contribution is 2.19. The van der Waals surface area contributed by atoms with Crippen LogP contribution in [0.5, 0.6) is 0 Å². The summed E-state index contributed by atoms with van der Waals surface area (Å²) >= 11 is 0. The maximum Gasteiger partial charge on any atom is 0.338 e. The van der Waals surface area contributed by atoms with Gasteiger partial charge in [0.15, 0.2) is 6.61 Å². The van der Waals surface area contributed by atoms with E-state index in [1.54, 1.807) is 26.0 Å². The fourth-order valence-electron chi connectivity index (χ4n) is 2.43. The number of anilines is 1. The Bertz CT molecular complexity index is 998. The zero-order valence-electron chi connectivity index (χ0n) is 17.2. The SMILES string of the molecule is Cc1ccc(C(=O)OCC(=O)Nc2ccc(S(=O)(=O)N(C)C(C)C)cc2)cc1C. The van der Waals surface area contributed by atoms with Crippen LogP contribution in [-0.4, -0.2) is 44.3 Å². The third kappa shape index (κ3) is 5.65. The predicted octanol–water partition coefficient (Wildman–Crippen LogP) is 3.13. The minimum atomic E-state index is -3.59. The van der Waals surface area contributed by atoms with Gasteiger partial charge >= 0.3 is 5.97 Å². The van der Waals surface area contributed by atoms with Crippen LogP contribution in [0, 0.1) is 13.8 Å². The number of aryl methyl sites for hydroxylation is 2.